The third-order valence-electron chi connectivity index (χ3n) is 2.77. The van der Waals surface area contributed by atoms with E-state index in [1.165, 1.54) is 24.4 Å². The van der Waals surface area contributed by atoms with Crippen LogP contribution in [-0.4, -0.2) is 23.5 Å². The van der Waals surface area contributed by atoms with Crippen molar-refractivity contribution >= 4 is 29.2 Å². The minimum atomic E-state index is -4.52. The fourth-order valence-corrected chi connectivity index (χ4v) is 1.79. The van der Waals surface area contributed by atoms with E-state index in [4.69, 9.17) is 16.3 Å². The number of pyridine rings is 1. The van der Waals surface area contributed by atoms with Crippen LogP contribution in [0.15, 0.2) is 42.6 Å². The molecule has 0 spiro atoms. The first-order valence-corrected chi connectivity index (χ1v) is 6.89. The molecule has 1 aromatic carbocycles. The number of anilines is 1. The van der Waals surface area contributed by atoms with Crippen molar-refractivity contribution < 1.29 is 27.5 Å². The van der Waals surface area contributed by atoms with Gasteiger partial charge in [-0.3, -0.25) is 4.79 Å². The molecule has 0 bridgehead atoms. The minimum absolute atomic E-state index is 0.0565. The lowest BCUT2D eigenvalue weighted by Gasteiger charge is -2.10. The van der Waals surface area contributed by atoms with Gasteiger partial charge in [0.2, 0.25) is 0 Å². The Kier molecular flexibility index (Phi) is 5.40. The number of benzene rings is 1. The first kappa shape index (κ1) is 17.7. The smallest absolute Gasteiger partial charge is 0.416 e. The highest BCUT2D eigenvalue weighted by Crippen LogP contribution is 2.30. The number of nitrogens with one attached hydrogen (secondary N) is 1. The van der Waals surface area contributed by atoms with Gasteiger partial charge < -0.3 is 10.1 Å². The molecule has 0 fully saturated rings. The Bertz CT molecular complexity index is 748. The molecular weight excluding hydrogens is 349 g/mol. The van der Waals surface area contributed by atoms with Crippen LogP contribution in [0.3, 0.4) is 0 Å². The van der Waals surface area contributed by atoms with E-state index in [1.807, 2.05) is 0 Å². The van der Waals surface area contributed by atoms with Crippen LogP contribution in [0.25, 0.3) is 0 Å². The molecule has 1 N–H and O–H groups in total. The molecule has 1 heterocycles. The highest BCUT2D eigenvalue weighted by atomic mass is 35.5. The maximum atomic E-state index is 12.6. The van der Waals surface area contributed by atoms with Crippen molar-refractivity contribution in [2.45, 2.75) is 6.18 Å². The van der Waals surface area contributed by atoms with Gasteiger partial charge >= 0.3 is 12.1 Å². The minimum Gasteiger partial charge on any atom is -0.452 e. The van der Waals surface area contributed by atoms with E-state index >= 15 is 0 Å². The van der Waals surface area contributed by atoms with Gasteiger partial charge in [0, 0.05) is 11.9 Å². The van der Waals surface area contributed by atoms with Crippen LogP contribution in [0, 0.1) is 0 Å². The predicted molar refractivity (Wildman–Crippen MR) is 79.6 cm³/mol. The molecule has 9 heteroatoms. The van der Waals surface area contributed by atoms with Gasteiger partial charge in [-0.15, -0.1) is 0 Å². The van der Waals surface area contributed by atoms with Gasteiger partial charge in [-0.2, -0.15) is 13.2 Å². The largest absolute Gasteiger partial charge is 0.452 e. The average molecular weight is 359 g/mol. The lowest BCUT2D eigenvalue weighted by molar-refractivity contribution is -0.137. The van der Waals surface area contributed by atoms with Crippen LogP contribution < -0.4 is 5.32 Å². The number of hydrogen-bond donors (Lipinski definition) is 1. The van der Waals surface area contributed by atoms with Crippen molar-refractivity contribution in [3.05, 3.63) is 58.9 Å². The van der Waals surface area contributed by atoms with Gasteiger partial charge in [0.05, 0.1) is 11.1 Å². The molecule has 126 valence electrons. The number of nitrogens with zero attached hydrogens (tertiary/aromatic N) is 1. The summed E-state index contributed by atoms with van der Waals surface area (Å²) >= 11 is 5.57. The molecule has 0 unspecified atom stereocenters. The molecule has 0 saturated carbocycles. The first-order chi connectivity index (χ1) is 11.3. The summed E-state index contributed by atoms with van der Waals surface area (Å²) in [5.74, 6) is -1.58. The van der Waals surface area contributed by atoms with Gasteiger partial charge in [0.15, 0.2) is 6.61 Å². The number of aromatic nitrogens is 1. The second kappa shape index (κ2) is 7.31. The average Bonchev–Trinajstić information content (AvgIpc) is 2.53. The Balaban J connectivity index is 1.92. The van der Waals surface area contributed by atoms with Crippen molar-refractivity contribution in [2.24, 2.45) is 0 Å². The van der Waals surface area contributed by atoms with Crippen LogP contribution in [-0.2, 0) is 15.7 Å². The van der Waals surface area contributed by atoms with Crippen molar-refractivity contribution in [3.8, 4) is 0 Å². The van der Waals surface area contributed by atoms with Crippen molar-refractivity contribution in [1.29, 1.82) is 0 Å². The molecule has 0 aliphatic rings. The third-order valence-corrected chi connectivity index (χ3v) is 2.99. The molecule has 0 aliphatic heterocycles. The summed E-state index contributed by atoms with van der Waals surface area (Å²) in [5.41, 5.74) is -0.866. The fraction of sp³-hybridized carbons (Fsp3) is 0.133. The number of amides is 1. The fourth-order valence-electron chi connectivity index (χ4n) is 1.68. The summed E-state index contributed by atoms with van der Waals surface area (Å²) in [5, 5.41) is 2.41. The SMILES string of the molecule is O=C(COC(=O)c1ccc(Cl)nc1)Nc1cccc(C(F)(F)F)c1. The Labute approximate surface area is 139 Å². The van der Waals surface area contributed by atoms with Crippen molar-refractivity contribution in [1.82, 2.24) is 4.98 Å². The van der Waals surface area contributed by atoms with Gasteiger partial charge in [-0.1, -0.05) is 17.7 Å². The molecule has 1 aromatic heterocycles. The number of carbonyl (C=O) groups is 2. The maximum Gasteiger partial charge on any atom is 0.416 e. The second-order valence-corrected chi connectivity index (χ2v) is 4.96. The predicted octanol–water partition coefficient (Wildman–Crippen LogP) is 3.55. The third kappa shape index (κ3) is 4.95. The van der Waals surface area contributed by atoms with E-state index in [9.17, 15) is 22.8 Å². The molecule has 0 radical (unpaired) electrons. The van der Waals surface area contributed by atoms with Crippen LogP contribution in [0.5, 0.6) is 0 Å². The monoisotopic (exact) mass is 358 g/mol. The highest BCUT2D eigenvalue weighted by Gasteiger charge is 2.30. The normalized spacial score (nSPS) is 11.0. The molecule has 2 rings (SSSR count). The zero-order chi connectivity index (χ0) is 17.7. The van der Waals surface area contributed by atoms with Gasteiger partial charge in [0.25, 0.3) is 5.91 Å². The number of carbonyl (C=O) groups excluding carboxylic acids is 2. The summed E-state index contributed by atoms with van der Waals surface area (Å²) in [4.78, 5) is 27.0. The number of ether oxygens (including phenoxy) is 1. The van der Waals surface area contributed by atoms with Gasteiger partial charge in [-0.05, 0) is 30.3 Å². The molecular formula is C15H10ClF3N2O3. The summed E-state index contributed by atoms with van der Waals surface area (Å²) < 4.78 is 42.5. The zero-order valence-electron chi connectivity index (χ0n) is 11.9. The second-order valence-electron chi connectivity index (χ2n) is 4.57. The first-order valence-electron chi connectivity index (χ1n) is 6.51. The molecule has 1 amide bonds. The number of halogens is 4. The van der Waals surface area contributed by atoms with Crippen LogP contribution >= 0.6 is 11.6 Å². The van der Waals surface area contributed by atoms with Crippen molar-refractivity contribution in [3.63, 3.8) is 0 Å². The van der Waals surface area contributed by atoms with E-state index in [0.29, 0.717) is 0 Å². The van der Waals surface area contributed by atoms with Crippen LogP contribution in [0.2, 0.25) is 5.15 Å². The number of alkyl halides is 3. The summed E-state index contributed by atoms with van der Waals surface area (Å²) in [6.45, 7) is -0.655. The van der Waals surface area contributed by atoms with Crippen molar-refractivity contribution in [2.75, 3.05) is 11.9 Å². The summed E-state index contributed by atoms with van der Waals surface area (Å²) in [6, 6.07) is 6.84. The summed E-state index contributed by atoms with van der Waals surface area (Å²) in [7, 11) is 0. The molecule has 24 heavy (non-hydrogen) atoms. The van der Waals surface area contributed by atoms with Crippen LogP contribution in [0.1, 0.15) is 15.9 Å². The van der Waals surface area contributed by atoms with Crippen LogP contribution in [0.4, 0.5) is 18.9 Å². The zero-order valence-corrected chi connectivity index (χ0v) is 12.7. The maximum absolute atomic E-state index is 12.6. The van der Waals surface area contributed by atoms with E-state index in [1.54, 1.807) is 0 Å². The Morgan fingerprint density at radius 1 is 1.21 bits per heavy atom. The van der Waals surface area contributed by atoms with E-state index in [2.05, 4.69) is 10.3 Å². The standard InChI is InChI=1S/C15H10ClF3N2O3/c16-12-5-4-9(7-20-12)14(23)24-8-13(22)21-11-3-1-2-10(6-11)15(17,18)19/h1-7H,8H2,(H,21,22). The summed E-state index contributed by atoms with van der Waals surface area (Å²) in [6.07, 6.45) is -3.34. The number of hydrogen-bond acceptors (Lipinski definition) is 4. The highest BCUT2D eigenvalue weighted by molar-refractivity contribution is 6.29. The molecule has 0 atom stereocenters. The molecule has 5 nitrogen and oxygen atoms in total. The molecule has 2 aromatic rings. The Morgan fingerprint density at radius 3 is 2.58 bits per heavy atom. The topological polar surface area (TPSA) is 68.3 Å². The molecule has 0 aliphatic carbocycles. The lowest BCUT2D eigenvalue weighted by atomic mass is 10.2. The number of esters is 1. The van der Waals surface area contributed by atoms with Gasteiger partial charge in [-0.25, -0.2) is 9.78 Å². The van der Waals surface area contributed by atoms with E-state index < -0.39 is 30.2 Å². The lowest BCUT2D eigenvalue weighted by Crippen LogP contribution is -2.21. The quantitative estimate of drug-likeness (QED) is 0.670. The Morgan fingerprint density at radius 2 is 1.96 bits per heavy atom. The van der Waals surface area contributed by atoms with E-state index in [-0.39, 0.29) is 16.4 Å². The molecule has 0 saturated heterocycles. The van der Waals surface area contributed by atoms with E-state index in [0.717, 1.165) is 18.2 Å². The van der Waals surface area contributed by atoms with Gasteiger partial charge in [0.1, 0.15) is 5.15 Å². The number of rotatable bonds is 4. The Hall–Kier alpha value is -2.61.